The molecule has 0 aliphatic carbocycles. The summed E-state index contributed by atoms with van der Waals surface area (Å²) >= 11 is 1.57. The summed E-state index contributed by atoms with van der Waals surface area (Å²) < 4.78 is 0.953. The summed E-state index contributed by atoms with van der Waals surface area (Å²) in [5.74, 6) is 1.74. The van der Waals surface area contributed by atoms with E-state index in [1.807, 2.05) is 6.07 Å². The van der Waals surface area contributed by atoms with Gasteiger partial charge < -0.3 is 16.0 Å². The first kappa shape index (κ1) is 15.5. The van der Waals surface area contributed by atoms with Gasteiger partial charge in [-0.1, -0.05) is 11.3 Å². The summed E-state index contributed by atoms with van der Waals surface area (Å²) in [7, 11) is 0. The number of hydrogen-bond acceptors (Lipinski definition) is 9. The number of rotatable bonds is 3. The van der Waals surface area contributed by atoms with Crippen LogP contribution in [0.1, 0.15) is 12.8 Å². The Morgan fingerprint density at radius 3 is 3.12 bits per heavy atom. The number of nitrogens with one attached hydrogen (secondary N) is 1. The maximum absolute atomic E-state index is 9.19. The van der Waals surface area contributed by atoms with Gasteiger partial charge in [-0.05, 0) is 18.9 Å². The molecule has 0 amide bonds. The Morgan fingerprint density at radius 2 is 2.28 bits per heavy atom. The van der Waals surface area contributed by atoms with E-state index >= 15 is 0 Å². The molecule has 1 atom stereocenters. The third-order valence-electron chi connectivity index (χ3n) is 4.10. The zero-order valence-electron chi connectivity index (χ0n) is 13.4. The van der Waals surface area contributed by atoms with Gasteiger partial charge >= 0.3 is 0 Å². The average molecular weight is 352 g/mol. The van der Waals surface area contributed by atoms with Gasteiger partial charge in [-0.3, -0.25) is 0 Å². The number of anilines is 4. The summed E-state index contributed by atoms with van der Waals surface area (Å²) in [6.07, 6.45) is 5.10. The van der Waals surface area contributed by atoms with Crippen molar-refractivity contribution in [1.82, 2.24) is 19.9 Å². The molecule has 25 heavy (non-hydrogen) atoms. The van der Waals surface area contributed by atoms with Crippen LogP contribution in [0.3, 0.4) is 0 Å². The smallest absolute Gasteiger partial charge is 0.186 e. The molecular weight excluding hydrogens is 336 g/mol. The van der Waals surface area contributed by atoms with Crippen LogP contribution in [0.2, 0.25) is 0 Å². The van der Waals surface area contributed by atoms with Gasteiger partial charge in [0.15, 0.2) is 10.9 Å². The number of nitriles is 1. The lowest BCUT2D eigenvalue weighted by Gasteiger charge is -2.28. The molecule has 0 spiro atoms. The van der Waals surface area contributed by atoms with E-state index < -0.39 is 0 Å². The van der Waals surface area contributed by atoms with Crippen molar-refractivity contribution < 1.29 is 0 Å². The third kappa shape index (κ3) is 3.16. The highest BCUT2D eigenvalue weighted by molar-refractivity contribution is 7.22. The Balaban J connectivity index is 1.66. The number of nitrogens with two attached hydrogens (primary N) is 1. The van der Waals surface area contributed by atoms with Gasteiger partial charge in [0.25, 0.3) is 0 Å². The van der Waals surface area contributed by atoms with Crippen LogP contribution in [0, 0.1) is 17.2 Å². The topological polar surface area (TPSA) is 117 Å². The largest absolute Gasteiger partial charge is 0.384 e. The minimum absolute atomic E-state index is 0.0699. The molecule has 1 fully saturated rings. The zero-order valence-corrected chi connectivity index (χ0v) is 14.2. The van der Waals surface area contributed by atoms with E-state index in [4.69, 9.17) is 10.7 Å². The lowest BCUT2D eigenvalue weighted by Crippen LogP contribution is -2.34. The molecule has 0 radical (unpaired) electrons. The molecule has 126 valence electrons. The predicted octanol–water partition coefficient (Wildman–Crippen LogP) is 2.55. The van der Waals surface area contributed by atoms with E-state index in [2.05, 4.69) is 31.2 Å². The molecule has 0 unspecified atom stereocenters. The fraction of sp³-hybridized carbons (Fsp3) is 0.312. The molecule has 0 saturated carbocycles. The van der Waals surface area contributed by atoms with Crippen LogP contribution in [0.15, 0.2) is 24.7 Å². The van der Waals surface area contributed by atoms with E-state index in [1.165, 1.54) is 6.33 Å². The Kier molecular flexibility index (Phi) is 4.03. The van der Waals surface area contributed by atoms with Crippen LogP contribution < -0.4 is 16.0 Å². The standard InChI is InChI=1S/C16H16N8S/c17-7-10-2-1-5-24(8-10)16-22-11-3-4-19-15(14(11)25-16)23-13-6-12(18)20-9-21-13/h3-4,6,9-10H,1-2,5,8H2,(H3,18,19,20,21,23)/t10-/m1/s1. The van der Waals surface area contributed by atoms with E-state index in [9.17, 15) is 5.26 Å². The van der Waals surface area contributed by atoms with Crippen molar-refractivity contribution in [3.63, 3.8) is 0 Å². The molecule has 9 heteroatoms. The van der Waals surface area contributed by atoms with Gasteiger partial charge in [0.2, 0.25) is 0 Å². The molecule has 3 N–H and O–H groups in total. The second-order valence-electron chi connectivity index (χ2n) is 5.87. The number of fused-ring (bicyclic) bond motifs is 1. The molecule has 0 bridgehead atoms. The SMILES string of the molecule is N#C[C@H]1CCCN(c2nc3ccnc(Nc4cc(N)ncn4)c3s2)C1. The van der Waals surface area contributed by atoms with E-state index in [0.717, 1.165) is 41.3 Å². The molecule has 3 aromatic rings. The third-order valence-corrected chi connectivity index (χ3v) is 5.24. The minimum atomic E-state index is 0.0699. The summed E-state index contributed by atoms with van der Waals surface area (Å²) in [4.78, 5) is 19.4. The van der Waals surface area contributed by atoms with Crippen molar-refractivity contribution in [2.75, 3.05) is 29.0 Å². The molecule has 1 saturated heterocycles. The molecule has 3 aromatic heterocycles. The van der Waals surface area contributed by atoms with E-state index in [-0.39, 0.29) is 5.92 Å². The van der Waals surface area contributed by atoms with Gasteiger partial charge in [0.05, 0.1) is 22.2 Å². The normalized spacial score (nSPS) is 17.4. The van der Waals surface area contributed by atoms with Gasteiger partial charge in [-0.25, -0.2) is 19.9 Å². The minimum Gasteiger partial charge on any atom is -0.384 e. The van der Waals surface area contributed by atoms with Crippen molar-refractivity contribution >= 4 is 44.1 Å². The number of aromatic nitrogens is 4. The number of hydrogen-bond donors (Lipinski definition) is 2. The van der Waals surface area contributed by atoms with Crippen LogP contribution in [0.25, 0.3) is 10.2 Å². The van der Waals surface area contributed by atoms with Crippen molar-refractivity contribution in [2.45, 2.75) is 12.8 Å². The molecule has 8 nitrogen and oxygen atoms in total. The van der Waals surface area contributed by atoms with Crippen LogP contribution >= 0.6 is 11.3 Å². The van der Waals surface area contributed by atoms with E-state index in [0.29, 0.717) is 17.5 Å². The van der Waals surface area contributed by atoms with E-state index in [1.54, 1.807) is 23.6 Å². The number of nitrogen functional groups attached to an aromatic ring is 1. The molecule has 4 rings (SSSR count). The Bertz CT molecular complexity index is 947. The predicted molar refractivity (Wildman–Crippen MR) is 97.7 cm³/mol. The van der Waals surface area contributed by atoms with Crippen molar-refractivity contribution in [2.24, 2.45) is 5.92 Å². The number of pyridine rings is 1. The zero-order chi connectivity index (χ0) is 17.2. The molecule has 0 aromatic carbocycles. The molecule has 4 heterocycles. The summed E-state index contributed by atoms with van der Waals surface area (Å²) in [6, 6.07) is 5.92. The lowest BCUT2D eigenvalue weighted by atomic mass is 10.0. The summed E-state index contributed by atoms with van der Waals surface area (Å²) in [5.41, 5.74) is 6.57. The lowest BCUT2D eigenvalue weighted by molar-refractivity contribution is 0.493. The number of thiazole rings is 1. The maximum Gasteiger partial charge on any atom is 0.186 e. The Hall–Kier alpha value is -2.99. The highest BCUT2D eigenvalue weighted by Crippen LogP contribution is 2.35. The molecule has 1 aliphatic rings. The highest BCUT2D eigenvalue weighted by atomic mass is 32.1. The highest BCUT2D eigenvalue weighted by Gasteiger charge is 2.22. The van der Waals surface area contributed by atoms with Crippen molar-refractivity contribution in [1.29, 1.82) is 5.26 Å². The monoisotopic (exact) mass is 352 g/mol. The van der Waals surface area contributed by atoms with Crippen LogP contribution in [0.4, 0.5) is 22.6 Å². The maximum atomic E-state index is 9.19. The summed E-state index contributed by atoms with van der Waals surface area (Å²) in [6.45, 7) is 1.66. The fourth-order valence-electron chi connectivity index (χ4n) is 2.89. The van der Waals surface area contributed by atoms with Gasteiger partial charge in [0, 0.05) is 25.4 Å². The van der Waals surface area contributed by atoms with Crippen LogP contribution in [-0.4, -0.2) is 33.0 Å². The summed E-state index contributed by atoms with van der Waals surface area (Å²) in [5, 5.41) is 13.3. The van der Waals surface area contributed by atoms with Crippen molar-refractivity contribution in [3.8, 4) is 6.07 Å². The quantitative estimate of drug-likeness (QED) is 0.738. The first-order chi connectivity index (χ1) is 12.2. The Labute approximate surface area is 148 Å². The molecule has 1 aliphatic heterocycles. The second-order valence-corrected chi connectivity index (χ2v) is 6.85. The van der Waals surface area contributed by atoms with Crippen LogP contribution in [-0.2, 0) is 0 Å². The van der Waals surface area contributed by atoms with Gasteiger partial charge in [-0.15, -0.1) is 0 Å². The number of piperidine rings is 1. The average Bonchev–Trinajstić information content (AvgIpc) is 3.07. The van der Waals surface area contributed by atoms with Gasteiger partial charge in [0.1, 0.15) is 18.0 Å². The van der Waals surface area contributed by atoms with Crippen LogP contribution in [0.5, 0.6) is 0 Å². The number of nitrogens with zero attached hydrogens (tertiary/aromatic N) is 6. The fourth-order valence-corrected chi connectivity index (χ4v) is 3.93. The first-order valence-electron chi connectivity index (χ1n) is 7.97. The molecular formula is C16H16N8S. The second kappa shape index (κ2) is 6.49. The van der Waals surface area contributed by atoms with Gasteiger partial charge in [-0.2, -0.15) is 5.26 Å². The Morgan fingerprint density at radius 1 is 1.36 bits per heavy atom. The van der Waals surface area contributed by atoms with Crippen molar-refractivity contribution in [3.05, 3.63) is 24.7 Å². The first-order valence-corrected chi connectivity index (χ1v) is 8.79.